The number of hydrogen-bond donors (Lipinski definition) is 0. The number of alkyl halides is 1. The third kappa shape index (κ3) is 3.66. The molecule has 0 amide bonds. The minimum absolute atomic E-state index is 0.0130. The summed E-state index contributed by atoms with van der Waals surface area (Å²) in [5.74, 6) is -0.289. The number of hydrogen-bond acceptors (Lipinski definition) is 1. The van der Waals surface area contributed by atoms with E-state index in [0.717, 1.165) is 5.56 Å². The Hall–Kier alpha value is -1.22. The lowest BCUT2D eigenvalue weighted by Gasteiger charge is -2.05. The number of halogens is 2. The monoisotopic (exact) mass is 198 g/mol. The van der Waals surface area contributed by atoms with Crippen LogP contribution in [0.4, 0.5) is 8.78 Å². The van der Waals surface area contributed by atoms with Crippen molar-refractivity contribution in [3.05, 3.63) is 48.3 Å². The van der Waals surface area contributed by atoms with Crippen LogP contribution < -0.4 is 0 Å². The van der Waals surface area contributed by atoms with E-state index in [1.54, 1.807) is 12.1 Å². The average molecular weight is 198 g/mol. The van der Waals surface area contributed by atoms with Gasteiger partial charge in [0.15, 0.2) is 0 Å². The van der Waals surface area contributed by atoms with Crippen molar-refractivity contribution in [2.45, 2.75) is 12.8 Å². The second-order valence-corrected chi connectivity index (χ2v) is 2.89. The summed E-state index contributed by atoms with van der Waals surface area (Å²) < 4.78 is 30.1. The van der Waals surface area contributed by atoms with Crippen LogP contribution in [0, 0.1) is 5.82 Å². The Labute approximate surface area is 82.0 Å². The van der Waals surface area contributed by atoms with Gasteiger partial charge in [-0.25, -0.2) is 8.78 Å². The van der Waals surface area contributed by atoms with E-state index in [1.165, 1.54) is 18.2 Å². The Balaban J connectivity index is 2.31. The Morgan fingerprint density at radius 2 is 2.00 bits per heavy atom. The molecule has 0 spiro atoms. The minimum Gasteiger partial charge on any atom is -0.373 e. The topological polar surface area (TPSA) is 9.23 Å². The summed E-state index contributed by atoms with van der Waals surface area (Å²) >= 11 is 0. The van der Waals surface area contributed by atoms with E-state index in [-0.39, 0.29) is 19.0 Å². The summed E-state index contributed by atoms with van der Waals surface area (Å²) in [7, 11) is 0. The molecule has 0 fully saturated rings. The highest BCUT2D eigenvalue weighted by Crippen LogP contribution is 2.05. The molecule has 0 saturated heterocycles. The molecular weight excluding hydrogens is 186 g/mol. The second-order valence-electron chi connectivity index (χ2n) is 2.89. The van der Waals surface area contributed by atoms with Crippen molar-refractivity contribution >= 4 is 0 Å². The first kappa shape index (κ1) is 10.9. The molecule has 0 heterocycles. The van der Waals surface area contributed by atoms with Crippen molar-refractivity contribution in [3.8, 4) is 0 Å². The Bertz CT molecular complexity index is 282. The van der Waals surface area contributed by atoms with Crippen LogP contribution >= 0.6 is 0 Å². The van der Waals surface area contributed by atoms with Gasteiger partial charge in [-0.3, -0.25) is 0 Å². The third-order valence-electron chi connectivity index (χ3n) is 1.71. The molecule has 76 valence electrons. The predicted octanol–water partition coefficient (Wildman–Crippen LogP) is 2.87. The van der Waals surface area contributed by atoms with Crippen molar-refractivity contribution in [1.29, 1.82) is 0 Å². The van der Waals surface area contributed by atoms with Crippen molar-refractivity contribution in [3.63, 3.8) is 0 Å². The van der Waals surface area contributed by atoms with E-state index in [9.17, 15) is 8.78 Å². The highest BCUT2D eigenvalue weighted by Gasteiger charge is 2.00. The first-order valence-corrected chi connectivity index (χ1v) is 4.31. The SMILES string of the molecule is C=CC(F)COCc1ccc(F)cc1. The lowest BCUT2D eigenvalue weighted by Crippen LogP contribution is -2.06. The molecule has 1 aromatic carbocycles. The summed E-state index contributed by atoms with van der Waals surface area (Å²) in [4.78, 5) is 0. The summed E-state index contributed by atoms with van der Waals surface area (Å²) in [5.41, 5.74) is 0.822. The molecule has 0 saturated carbocycles. The summed E-state index contributed by atoms with van der Waals surface area (Å²) in [6.07, 6.45) is 0.0421. The summed E-state index contributed by atoms with van der Waals surface area (Å²) in [6, 6.07) is 5.91. The fourth-order valence-corrected chi connectivity index (χ4v) is 0.938. The average Bonchev–Trinajstić information content (AvgIpc) is 2.21. The third-order valence-corrected chi connectivity index (χ3v) is 1.71. The Morgan fingerprint density at radius 3 is 2.57 bits per heavy atom. The standard InChI is InChI=1S/C11H12F2O/c1-2-10(12)8-14-7-9-3-5-11(13)6-4-9/h2-6,10H,1,7-8H2. The van der Waals surface area contributed by atoms with E-state index in [2.05, 4.69) is 6.58 Å². The van der Waals surface area contributed by atoms with Crippen molar-refractivity contribution in [2.24, 2.45) is 0 Å². The van der Waals surface area contributed by atoms with Gasteiger partial charge in [-0.05, 0) is 17.7 Å². The fourth-order valence-electron chi connectivity index (χ4n) is 0.938. The van der Waals surface area contributed by atoms with Gasteiger partial charge in [-0.1, -0.05) is 18.2 Å². The smallest absolute Gasteiger partial charge is 0.141 e. The molecule has 14 heavy (non-hydrogen) atoms. The van der Waals surface area contributed by atoms with E-state index >= 15 is 0 Å². The van der Waals surface area contributed by atoms with Crippen LogP contribution in [0.2, 0.25) is 0 Å². The molecule has 0 N–H and O–H groups in total. The van der Waals surface area contributed by atoms with Crippen molar-refractivity contribution in [1.82, 2.24) is 0 Å². The molecule has 3 heteroatoms. The molecule has 1 aromatic rings. The van der Waals surface area contributed by atoms with Crippen LogP contribution in [0.3, 0.4) is 0 Å². The van der Waals surface area contributed by atoms with Gasteiger partial charge < -0.3 is 4.74 Å². The van der Waals surface area contributed by atoms with Gasteiger partial charge in [0.05, 0.1) is 13.2 Å². The first-order chi connectivity index (χ1) is 6.72. The number of rotatable bonds is 5. The lowest BCUT2D eigenvalue weighted by atomic mass is 10.2. The van der Waals surface area contributed by atoms with Crippen LogP contribution in [0.5, 0.6) is 0 Å². The minimum atomic E-state index is -1.14. The van der Waals surface area contributed by atoms with Crippen LogP contribution in [-0.4, -0.2) is 12.8 Å². The molecule has 1 rings (SSSR count). The van der Waals surface area contributed by atoms with Gasteiger partial charge in [-0.15, -0.1) is 6.58 Å². The van der Waals surface area contributed by atoms with Crippen LogP contribution in [0.25, 0.3) is 0 Å². The maximum absolute atomic E-state index is 12.6. The highest BCUT2D eigenvalue weighted by molar-refractivity contribution is 5.14. The summed E-state index contributed by atoms with van der Waals surface area (Å²) in [5, 5.41) is 0. The zero-order chi connectivity index (χ0) is 10.4. The van der Waals surface area contributed by atoms with Crippen LogP contribution in [0.15, 0.2) is 36.9 Å². The molecule has 0 bridgehead atoms. The zero-order valence-electron chi connectivity index (χ0n) is 7.75. The van der Waals surface area contributed by atoms with Gasteiger partial charge in [0.25, 0.3) is 0 Å². The highest BCUT2D eigenvalue weighted by atomic mass is 19.1. The molecule has 1 unspecified atom stereocenters. The largest absolute Gasteiger partial charge is 0.373 e. The molecule has 0 radical (unpaired) electrons. The number of benzene rings is 1. The van der Waals surface area contributed by atoms with Gasteiger partial charge >= 0.3 is 0 Å². The van der Waals surface area contributed by atoms with E-state index in [0.29, 0.717) is 0 Å². The van der Waals surface area contributed by atoms with Gasteiger partial charge in [0, 0.05) is 0 Å². The predicted molar refractivity (Wildman–Crippen MR) is 51.1 cm³/mol. The van der Waals surface area contributed by atoms with Gasteiger partial charge in [-0.2, -0.15) is 0 Å². The molecule has 0 aliphatic heterocycles. The first-order valence-electron chi connectivity index (χ1n) is 4.31. The second kappa shape index (κ2) is 5.50. The Kier molecular flexibility index (Phi) is 4.26. The maximum Gasteiger partial charge on any atom is 0.141 e. The molecule has 0 aromatic heterocycles. The molecule has 1 nitrogen and oxygen atoms in total. The van der Waals surface area contributed by atoms with Crippen LogP contribution in [0.1, 0.15) is 5.56 Å². The molecule has 0 aliphatic carbocycles. The van der Waals surface area contributed by atoms with Crippen LogP contribution in [-0.2, 0) is 11.3 Å². The van der Waals surface area contributed by atoms with E-state index in [4.69, 9.17) is 4.74 Å². The van der Waals surface area contributed by atoms with Crippen molar-refractivity contribution in [2.75, 3.05) is 6.61 Å². The maximum atomic E-state index is 12.6. The zero-order valence-corrected chi connectivity index (χ0v) is 7.75. The van der Waals surface area contributed by atoms with Gasteiger partial charge in [0.2, 0.25) is 0 Å². The molecule has 0 aliphatic rings. The van der Waals surface area contributed by atoms with Gasteiger partial charge in [0.1, 0.15) is 12.0 Å². The Morgan fingerprint density at radius 1 is 1.36 bits per heavy atom. The fraction of sp³-hybridized carbons (Fsp3) is 0.273. The molecular formula is C11H12F2O. The quantitative estimate of drug-likeness (QED) is 0.661. The summed E-state index contributed by atoms with van der Waals surface area (Å²) in [6.45, 7) is 3.57. The van der Waals surface area contributed by atoms with E-state index < -0.39 is 6.17 Å². The van der Waals surface area contributed by atoms with Crippen molar-refractivity contribution < 1.29 is 13.5 Å². The normalized spacial score (nSPS) is 12.4. The van der Waals surface area contributed by atoms with E-state index in [1.807, 2.05) is 0 Å². The lowest BCUT2D eigenvalue weighted by molar-refractivity contribution is 0.0853. The number of ether oxygens (including phenoxy) is 1. The molecule has 1 atom stereocenters.